The first-order valence-corrected chi connectivity index (χ1v) is 0.816. The molecule has 0 spiro atoms. The van der Waals surface area contributed by atoms with Crippen molar-refractivity contribution < 1.29 is 52.7 Å². The van der Waals surface area contributed by atoms with Gasteiger partial charge in [0, 0.05) is 14.2 Å². The molecular formula is C2H6I2MgO. The molecule has 0 aliphatic rings. The molecule has 0 saturated carbocycles. The van der Waals surface area contributed by atoms with E-state index in [1.807, 2.05) is 0 Å². The van der Waals surface area contributed by atoms with Crippen LogP contribution in [0, 0.1) is 0 Å². The zero-order chi connectivity index (χ0) is 2.71. The van der Waals surface area contributed by atoms with Crippen molar-refractivity contribution in [2.45, 2.75) is 0 Å². The molecule has 0 aromatic carbocycles. The zero-order valence-corrected chi connectivity index (χ0v) is 9.60. The van der Waals surface area contributed by atoms with Crippen LogP contribution < -0.4 is 48.0 Å². The van der Waals surface area contributed by atoms with Crippen LogP contribution in [0.25, 0.3) is 0 Å². The van der Waals surface area contributed by atoms with Gasteiger partial charge in [-0.3, -0.25) is 0 Å². The fraction of sp³-hybridized carbons (Fsp3) is 1.00. The summed E-state index contributed by atoms with van der Waals surface area (Å²) in [6.07, 6.45) is 0. The molecule has 0 aromatic heterocycles. The first kappa shape index (κ1) is 24.1. The molecule has 36 valence electrons. The van der Waals surface area contributed by atoms with E-state index in [1.165, 1.54) is 0 Å². The second-order valence-electron chi connectivity index (χ2n) is 0.408. The van der Waals surface area contributed by atoms with Crippen LogP contribution in [0.15, 0.2) is 0 Å². The van der Waals surface area contributed by atoms with E-state index in [9.17, 15) is 0 Å². The molecular weight excluding hydrogens is 318 g/mol. The number of rotatable bonds is 0. The van der Waals surface area contributed by atoms with Gasteiger partial charge < -0.3 is 52.7 Å². The van der Waals surface area contributed by atoms with Crippen LogP contribution in [-0.4, -0.2) is 37.3 Å². The Labute approximate surface area is 88.8 Å². The van der Waals surface area contributed by atoms with Crippen LogP contribution in [0.2, 0.25) is 0 Å². The van der Waals surface area contributed by atoms with Crippen LogP contribution in [0.5, 0.6) is 0 Å². The molecule has 0 aliphatic carbocycles. The van der Waals surface area contributed by atoms with Gasteiger partial charge in [-0.05, 0) is 0 Å². The summed E-state index contributed by atoms with van der Waals surface area (Å²) < 4.78 is 4.25. The maximum absolute atomic E-state index is 4.25. The van der Waals surface area contributed by atoms with Crippen molar-refractivity contribution in [1.29, 1.82) is 0 Å². The van der Waals surface area contributed by atoms with Gasteiger partial charge in [0.2, 0.25) is 0 Å². The SMILES string of the molecule is COC.[I-].[I-].[Mg+2]. The molecule has 1 nitrogen and oxygen atoms in total. The van der Waals surface area contributed by atoms with Gasteiger partial charge in [0.15, 0.2) is 0 Å². The third-order valence-electron chi connectivity index (χ3n) is 0. The van der Waals surface area contributed by atoms with Gasteiger partial charge >= 0.3 is 23.1 Å². The fourth-order valence-electron chi connectivity index (χ4n) is 0. The van der Waals surface area contributed by atoms with Crippen molar-refractivity contribution in [1.82, 2.24) is 0 Å². The summed E-state index contributed by atoms with van der Waals surface area (Å²) in [5, 5.41) is 0. The van der Waals surface area contributed by atoms with Gasteiger partial charge in [0.25, 0.3) is 0 Å². The minimum absolute atomic E-state index is 0. The molecule has 0 rings (SSSR count). The molecule has 0 bridgehead atoms. The topological polar surface area (TPSA) is 9.23 Å². The Balaban J connectivity index is -0.00000000667. The molecule has 0 amide bonds. The number of ether oxygens (including phenoxy) is 1. The average Bonchev–Trinajstić information content (AvgIpc) is 0.918. The molecule has 0 aliphatic heterocycles. The van der Waals surface area contributed by atoms with Crippen molar-refractivity contribution in [2.24, 2.45) is 0 Å². The number of hydrogen-bond acceptors (Lipinski definition) is 1. The molecule has 0 fully saturated rings. The number of hydrogen-bond donors (Lipinski definition) is 0. The first-order chi connectivity index (χ1) is 1.41. The fourth-order valence-corrected chi connectivity index (χ4v) is 0. The molecule has 0 saturated heterocycles. The summed E-state index contributed by atoms with van der Waals surface area (Å²) in [4.78, 5) is 0. The smallest absolute Gasteiger partial charge is 1.00 e. The molecule has 0 heterocycles. The van der Waals surface area contributed by atoms with Crippen LogP contribution >= 0.6 is 0 Å². The first-order valence-electron chi connectivity index (χ1n) is 0.816. The molecule has 0 aromatic rings. The van der Waals surface area contributed by atoms with E-state index in [-0.39, 0.29) is 71.0 Å². The van der Waals surface area contributed by atoms with Crippen LogP contribution in [-0.2, 0) is 4.74 Å². The molecule has 4 heteroatoms. The van der Waals surface area contributed by atoms with Crippen molar-refractivity contribution in [2.75, 3.05) is 14.2 Å². The van der Waals surface area contributed by atoms with Gasteiger partial charge in [0.1, 0.15) is 0 Å². The normalized spacial score (nSPS) is 3.00. The van der Waals surface area contributed by atoms with Gasteiger partial charge in [0.05, 0.1) is 0 Å². The Morgan fingerprint density at radius 1 is 1.00 bits per heavy atom. The second kappa shape index (κ2) is 27.1. The Bertz CT molecular complexity index is 11.5. The van der Waals surface area contributed by atoms with Gasteiger partial charge in [-0.2, -0.15) is 0 Å². The van der Waals surface area contributed by atoms with Gasteiger partial charge in [-0.15, -0.1) is 0 Å². The maximum atomic E-state index is 4.25. The maximum Gasteiger partial charge on any atom is 2.00 e. The van der Waals surface area contributed by atoms with E-state index >= 15 is 0 Å². The summed E-state index contributed by atoms with van der Waals surface area (Å²) in [5.74, 6) is 0. The third-order valence-corrected chi connectivity index (χ3v) is 0. The Hall–Kier alpha value is 2.19. The van der Waals surface area contributed by atoms with Crippen molar-refractivity contribution >= 4 is 23.1 Å². The number of methoxy groups -OCH3 is 1. The molecule has 6 heavy (non-hydrogen) atoms. The second-order valence-corrected chi connectivity index (χ2v) is 0.408. The third kappa shape index (κ3) is 34.8. The molecule has 0 atom stereocenters. The van der Waals surface area contributed by atoms with Crippen molar-refractivity contribution in [3.05, 3.63) is 0 Å². The van der Waals surface area contributed by atoms with Crippen LogP contribution in [0.1, 0.15) is 0 Å². The monoisotopic (exact) mass is 324 g/mol. The Kier molecular flexibility index (Phi) is 109. The minimum Gasteiger partial charge on any atom is -1.00 e. The Morgan fingerprint density at radius 2 is 1.00 bits per heavy atom. The Morgan fingerprint density at radius 3 is 1.00 bits per heavy atom. The molecule has 0 radical (unpaired) electrons. The van der Waals surface area contributed by atoms with Gasteiger partial charge in [-0.25, -0.2) is 0 Å². The van der Waals surface area contributed by atoms with Crippen molar-refractivity contribution in [3.8, 4) is 0 Å². The average molecular weight is 324 g/mol. The van der Waals surface area contributed by atoms with Crippen LogP contribution in [0.4, 0.5) is 0 Å². The standard InChI is InChI=1S/C2H6O.2HI.Mg/c1-3-2;;;/h1-2H3;2*1H;/q;;;+2/p-2. The van der Waals surface area contributed by atoms with E-state index in [1.54, 1.807) is 14.2 Å². The zero-order valence-electron chi connectivity index (χ0n) is 3.87. The van der Waals surface area contributed by atoms with E-state index in [2.05, 4.69) is 4.74 Å². The summed E-state index contributed by atoms with van der Waals surface area (Å²) in [5.41, 5.74) is 0. The van der Waals surface area contributed by atoms with E-state index in [0.29, 0.717) is 0 Å². The van der Waals surface area contributed by atoms with E-state index in [0.717, 1.165) is 0 Å². The summed E-state index contributed by atoms with van der Waals surface area (Å²) in [6.45, 7) is 0. The molecule has 0 N–H and O–H groups in total. The predicted octanol–water partition coefficient (Wildman–Crippen LogP) is -6.11. The van der Waals surface area contributed by atoms with Crippen LogP contribution in [0.3, 0.4) is 0 Å². The number of halogens is 2. The van der Waals surface area contributed by atoms with E-state index in [4.69, 9.17) is 0 Å². The van der Waals surface area contributed by atoms with Gasteiger partial charge in [-0.1, -0.05) is 0 Å². The quantitative estimate of drug-likeness (QED) is 0.318. The predicted molar refractivity (Wildman–Crippen MR) is 18.7 cm³/mol. The minimum atomic E-state index is 0. The summed E-state index contributed by atoms with van der Waals surface area (Å²) in [7, 11) is 3.25. The largest absolute Gasteiger partial charge is 2.00 e. The summed E-state index contributed by atoms with van der Waals surface area (Å²) >= 11 is 0. The molecule has 0 unspecified atom stereocenters. The van der Waals surface area contributed by atoms with E-state index < -0.39 is 0 Å². The van der Waals surface area contributed by atoms with Crippen molar-refractivity contribution in [3.63, 3.8) is 0 Å². The summed E-state index contributed by atoms with van der Waals surface area (Å²) in [6, 6.07) is 0.